The highest BCUT2D eigenvalue weighted by Gasteiger charge is 2.23. The molecule has 0 unspecified atom stereocenters. The molecule has 3 aromatic rings. The average Bonchev–Trinajstić information content (AvgIpc) is 3.38. The molecule has 0 saturated heterocycles. The lowest BCUT2D eigenvalue weighted by atomic mass is 9.99. The Morgan fingerprint density at radius 2 is 1.49 bits per heavy atom. The monoisotopic (exact) mass is 480 g/mol. The quantitative estimate of drug-likeness (QED) is 0.316. The van der Waals surface area contributed by atoms with E-state index in [-0.39, 0.29) is 31.4 Å². The van der Waals surface area contributed by atoms with Crippen LogP contribution in [0.1, 0.15) is 62.5 Å². The maximum atomic E-state index is 12.9. The number of hydrogen-bond donors (Lipinski definition) is 2. The number of hydrogen-bond acceptors (Lipinski definition) is 6. The molecule has 0 amide bonds. The Kier molecular flexibility index (Phi) is 8.89. The van der Waals surface area contributed by atoms with Crippen molar-refractivity contribution < 1.29 is 28.6 Å². The van der Waals surface area contributed by atoms with E-state index in [4.69, 9.17) is 14.2 Å². The molecule has 35 heavy (non-hydrogen) atoms. The zero-order valence-electron chi connectivity index (χ0n) is 20.7. The molecule has 0 radical (unpaired) electrons. The van der Waals surface area contributed by atoms with Crippen LogP contribution in [0.4, 0.5) is 0 Å². The number of methoxy groups -OCH3 is 2. The Balaban J connectivity index is 1.86. The van der Waals surface area contributed by atoms with E-state index in [1.807, 2.05) is 50.4 Å². The van der Waals surface area contributed by atoms with E-state index < -0.39 is 5.97 Å². The van der Waals surface area contributed by atoms with E-state index in [0.717, 1.165) is 39.2 Å². The highest BCUT2D eigenvalue weighted by Crippen LogP contribution is 2.26. The first-order valence-corrected chi connectivity index (χ1v) is 11.5. The Morgan fingerprint density at radius 3 is 2.11 bits per heavy atom. The van der Waals surface area contributed by atoms with Gasteiger partial charge in [-0.25, -0.2) is 4.79 Å². The summed E-state index contributed by atoms with van der Waals surface area (Å²) < 4.78 is 15.1. The van der Waals surface area contributed by atoms with Gasteiger partial charge >= 0.3 is 17.9 Å². The molecular formula is C27H32N2O6. The van der Waals surface area contributed by atoms with Gasteiger partial charge in [-0.2, -0.15) is 0 Å². The minimum Gasteiger partial charge on any atom is -0.469 e. The van der Waals surface area contributed by atoms with E-state index in [1.165, 1.54) is 14.2 Å². The molecule has 0 atom stereocenters. The van der Waals surface area contributed by atoms with Crippen molar-refractivity contribution in [2.45, 2.75) is 52.6 Å². The maximum Gasteiger partial charge on any atom is 0.355 e. The molecule has 186 valence electrons. The Hall–Kier alpha value is -3.81. The number of carbonyl (C=O) groups is 3. The van der Waals surface area contributed by atoms with E-state index in [2.05, 4.69) is 9.97 Å². The van der Waals surface area contributed by atoms with Crippen molar-refractivity contribution in [1.29, 1.82) is 0 Å². The van der Waals surface area contributed by atoms with Gasteiger partial charge in [0.05, 0.1) is 14.2 Å². The molecule has 0 fully saturated rings. The highest BCUT2D eigenvalue weighted by molar-refractivity contribution is 5.90. The van der Waals surface area contributed by atoms with Gasteiger partial charge in [0.1, 0.15) is 12.3 Å². The van der Waals surface area contributed by atoms with Crippen molar-refractivity contribution in [3.8, 4) is 0 Å². The van der Waals surface area contributed by atoms with Crippen LogP contribution in [-0.4, -0.2) is 42.1 Å². The van der Waals surface area contributed by atoms with Gasteiger partial charge in [-0.3, -0.25) is 9.59 Å². The molecule has 0 bridgehead atoms. The van der Waals surface area contributed by atoms with Crippen LogP contribution in [0.3, 0.4) is 0 Å². The standard InChI is InChI=1S/C27H32N2O6/c1-17-15-28-22(20(17)10-12-24(30)33-3)14-23-21(11-13-25(31)34-4)18(2)26(29-23)27(32)35-16-19-8-6-5-7-9-19/h5-9,15,28-29H,10-14,16H2,1-4H3. The van der Waals surface area contributed by atoms with E-state index >= 15 is 0 Å². The third-order valence-electron chi connectivity index (χ3n) is 6.16. The number of benzene rings is 1. The van der Waals surface area contributed by atoms with Gasteiger partial charge < -0.3 is 24.2 Å². The first kappa shape index (κ1) is 25.8. The summed E-state index contributed by atoms with van der Waals surface area (Å²) in [7, 11) is 2.73. The lowest BCUT2D eigenvalue weighted by Crippen LogP contribution is -2.07. The fraction of sp³-hybridized carbons (Fsp3) is 0.370. The number of aromatic nitrogens is 2. The van der Waals surface area contributed by atoms with Gasteiger partial charge in [0.15, 0.2) is 0 Å². The van der Waals surface area contributed by atoms with E-state index in [0.29, 0.717) is 25.0 Å². The van der Waals surface area contributed by atoms with Crippen molar-refractivity contribution in [1.82, 2.24) is 9.97 Å². The molecule has 8 heteroatoms. The number of aryl methyl sites for hydroxylation is 1. The van der Waals surface area contributed by atoms with Crippen LogP contribution in [0.25, 0.3) is 0 Å². The molecule has 0 aliphatic heterocycles. The number of ether oxygens (including phenoxy) is 3. The van der Waals surface area contributed by atoms with Gasteiger partial charge in [-0.1, -0.05) is 30.3 Å². The number of rotatable bonds is 11. The van der Waals surface area contributed by atoms with Crippen LogP contribution in [0, 0.1) is 13.8 Å². The number of carbonyl (C=O) groups excluding carboxylic acids is 3. The summed E-state index contributed by atoms with van der Waals surface area (Å²) in [5.74, 6) is -1.04. The fourth-order valence-corrected chi connectivity index (χ4v) is 4.13. The van der Waals surface area contributed by atoms with Crippen molar-refractivity contribution in [3.05, 3.63) is 81.4 Å². The van der Waals surface area contributed by atoms with Crippen molar-refractivity contribution in [2.75, 3.05) is 14.2 Å². The predicted octanol–water partition coefficient (Wildman–Crippen LogP) is 4.12. The Bertz CT molecular complexity index is 1180. The predicted molar refractivity (Wildman–Crippen MR) is 130 cm³/mol. The van der Waals surface area contributed by atoms with Crippen LogP contribution in [0.15, 0.2) is 36.5 Å². The molecule has 0 saturated carbocycles. The van der Waals surface area contributed by atoms with Crippen LogP contribution in [0.5, 0.6) is 0 Å². The number of H-pyrrole nitrogens is 2. The first-order chi connectivity index (χ1) is 16.8. The summed E-state index contributed by atoms with van der Waals surface area (Å²) >= 11 is 0. The van der Waals surface area contributed by atoms with Gasteiger partial charge in [0.25, 0.3) is 0 Å². The van der Waals surface area contributed by atoms with Gasteiger partial charge in [0, 0.05) is 36.8 Å². The molecule has 3 rings (SSSR count). The zero-order chi connectivity index (χ0) is 25.4. The third-order valence-corrected chi connectivity index (χ3v) is 6.16. The zero-order valence-corrected chi connectivity index (χ0v) is 20.7. The second kappa shape index (κ2) is 12.1. The smallest absolute Gasteiger partial charge is 0.355 e. The maximum absolute atomic E-state index is 12.9. The van der Waals surface area contributed by atoms with Crippen molar-refractivity contribution in [3.63, 3.8) is 0 Å². The summed E-state index contributed by atoms with van der Waals surface area (Å²) in [6, 6.07) is 9.48. The van der Waals surface area contributed by atoms with Crippen LogP contribution in [-0.2, 0) is 49.7 Å². The summed E-state index contributed by atoms with van der Waals surface area (Å²) in [6.07, 6.45) is 3.82. The minimum absolute atomic E-state index is 0.165. The van der Waals surface area contributed by atoms with Gasteiger partial charge in [-0.15, -0.1) is 0 Å². The normalized spacial score (nSPS) is 10.7. The van der Waals surface area contributed by atoms with Crippen LogP contribution in [0.2, 0.25) is 0 Å². The second-order valence-corrected chi connectivity index (χ2v) is 8.40. The second-order valence-electron chi connectivity index (χ2n) is 8.40. The fourth-order valence-electron chi connectivity index (χ4n) is 4.13. The molecule has 2 heterocycles. The number of nitrogens with one attached hydrogen (secondary N) is 2. The molecule has 0 spiro atoms. The molecule has 0 aliphatic carbocycles. The SMILES string of the molecule is COC(=O)CCc1c(C)c[nH]c1Cc1[nH]c(C(=O)OCc2ccccc2)c(C)c1CCC(=O)OC. The molecule has 1 aromatic carbocycles. The Morgan fingerprint density at radius 1 is 0.857 bits per heavy atom. The van der Waals surface area contributed by atoms with Crippen molar-refractivity contribution in [2.24, 2.45) is 0 Å². The average molecular weight is 481 g/mol. The molecular weight excluding hydrogens is 448 g/mol. The summed E-state index contributed by atoms with van der Waals surface area (Å²) in [6.45, 7) is 4.00. The molecule has 0 aliphatic rings. The Labute approximate surface area is 205 Å². The largest absolute Gasteiger partial charge is 0.469 e. The summed E-state index contributed by atoms with van der Waals surface area (Å²) in [4.78, 5) is 43.0. The number of esters is 3. The number of aromatic amines is 2. The van der Waals surface area contributed by atoms with Gasteiger partial charge in [0.2, 0.25) is 0 Å². The lowest BCUT2D eigenvalue weighted by molar-refractivity contribution is -0.141. The van der Waals surface area contributed by atoms with E-state index in [9.17, 15) is 14.4 Å². The molecule has 2 aromatic heterocycles. The lowest BCUT2D eigenvalue weighted by Gasteiger charge is -2.08. The third kappa shape index (κ3) is 6.62. The van der Waals surface area contributed by atoms with Crippen LogP contribution < -0.4 is 0 Å². The van der Waals surface area contributed by atoms with Gasteiger partial charge in [-0.05, 0) is 54.5 Å². The summed E-state index contributed by atoms with van der Waals surface area (Å²) in [5.41, 5.74) is 6.74. The van der Waals surface area contributed by atoms with Crippen molar-refractivity contribution >= 4 is 17.9 Å². The highest BCUT2D eigenvalue weighted by atomic mass is 16.5. The molecule has 8 nitrogen and oxygen atoms in total. The first-order valence-electron chi connectivity index (χ1n) is 11.5. The minimum atomic E-state index is -0.453. The summed E-state index contributed by atoms with van der Waals surface area (Å²) in [5, 5.41) is 0. The van der Waals surface area contributed by atoms with Crippen LogP contribution >= 0.6 is 0 Å². The molecule has 2 N–H and O–H groups in total. The topological polar surface area (TPSA) is 110 Å². The van der Waals surface area contributed by atoms with E-state index in [1.54, 1.807) is 0 Å².